The second-order valence-electron chi connectivity index (χ2n) is 0.267. The van der Waals surface area contributed by atoms with Crippen LogP contribution in [0.1, 0.15) is 0 Å². The van der Waals surface area contributed by atoms with Crippen LogP contribution >= 0.6 is 32.3 Å². The van der Waals surface area contributed by atoms with E-state index in [1.165, 1.54) is 0 Å². The van der Waals surface area contributed by atoms with Gasteiger partial charge in [0.05, 0.1) is 0 Å². The van der Waals surface area contributed by atoms with Crippen molar-refractivity contribution < 1.29 is 4.79 Å². The molecule has 1 nitrogen and oxygen atoms in total. The van der Waals surface area contributed by atoms with Crippen molar-refractivity contribution in [3.63, 3.8) is 0 Å². The Morgan fingerprint density at radius 2 is 2.40 bits per heavy atom. The van der Waals surface area contributed by atoms with E-state index in [-0.39, 0.29) is 0 Å². The van der Waals surface area contributed by atoms with E-state index in [0.29, 0.717) is 0 Å². The van der Waals surface area contributed by atoms with Crippen molar-refractivity contribution in [3.8, 4) is 0 Å². The zero-order valence-electron chi connectivity index (χ0n) is 2.25. The van der Waals surface area contributed by atoms with Gasteiger partial charge in [-0.2, -0.15) is 0 Å². The van der Waals surface area contributed by atoms with Crippen molar-refractivity contribution in [1.29, 1.82) is 0 Å². The fourth-order valence-electron chi connectivity index (χ4n) is 0.0176. The Morgan fingerprint density at radius 1 is 1.80 bits per heavy atom. The molecule has 0 aromatic heterocycles. The van der Waals surface area contributed by atoms with Gasteiger partial charge in [0, 0.05) is 0 Å². The topological polar surface area (TPSA) is 17.1 Å². The Hall–Kier alpha value is 0.720. The van der Waals surface area contributed by atoms with Crippen molar-refractivity contribution in [2.45, 2.75) is 0 Å². The average Bonchev–Trinajstić information content (AvgIpc) is 1.41. The molecule has 0 radical (unpaired) electrons. The predicted octanol–water partition coefficient (Wildman–Crippen LogP) is 1.40. The first-order valence-corrected chi connectivity index (χ1v) is 4.09. The van der Waals surface area contributed by atoms with Gasteiger partial charge in [0.15, 0.2) is 5.62 Å². The first-order chi connectivity index (χ1) is 2.41. The first-order valence-electron chi connectivity index (χ1n) is 0.821. The zero-order valence-corrected chi connectivity index (χ0v) is 4.78. The van der Waals surface area contributed by atoms with Crippen molar-refractivity contribution in [3.05, 3.63) is 0 Å². The SMILES string of the molecule is O=CSSS. The average molecular weight is 126 g/mol. The van der Waals surface area contributed by atoms with Crippen LogP contribution < -0.4 is 0 Å². The summed E-state index contributed by atoms with van der Waals surface area (Å²) < 4.78 is 0. The molecule has 0 aliphatic rings. The van der Waals surface area contributed by atoms with Crippen LogP contribution in [0.25, 0.3) is 0 Å². The minimum atomic E-state index is 0.734. The molecule has 0 saturated carbocycles. The molecular weight excluding hydrogens is 124 g/mol. The van der Waals surface area contributed by atoms with Crippen molar-refractivity contribution in [1.82, 2.24) is 0 Å². The number of rotatable bonds is 2. The summed E-state index contributed by atoms with van der Waals surface area (Å²) in [4.78, 5) is 9.30. The number of carbonyl (C=O) groups excluding carboxylic acids is 1. The van der Waals surface area contributed by atoms with Gasteiger partial charge < -0.3 is 0 Å². The Kier molecular flexibility index (Phi) is 5.40. The summed E-state index contributed by atoms with van der Waals surface area (Å²) in [5.41, 5.74) is 0.734. The van der Waals surface area contributed by atoms with Crippen LogP contribution in [0.15, 0.2) is 0 Å². The quantitative estimate of drug-likeness (QED) is 0.342. The Labute approximate surface area is 43.1 Å². The third-order valence-electron chi connectivity index (χ3n) is 0.0823. The van der Waals surface area contributed by atoms with E-state index in [1.54, 1.807) is 0 Å². The van der Waals surface area contributed by atoms with Gasteiger partial charge in [-0.1, -0.05) is 11.7 Å². The van der Waals surface area contributed by atoms with Crippen LogP contribution in [0.4, 0.5) is 0 Å². The molecule has 0 atom stereocenters. The highest BCUT2D eigenvalue weighted by Crippen LogP contribution is 2.20. The second-order valence-corrected chi connectivity index (χ2v) is 3.17. The van der Waals surface area contributed by atoms with Gasteiger partial charge >= 0.3 is 0 Å². The molecule has 0 saturated heterocycles. The minimum Gasteiger partial charge on any atom is -0.290 e. The molecule has 0 amide bonds. The molecular formula is CH2OS3. The van der Waals surface area contributed by atoms with Crippen molar-refractivity contribution >= 4 is 37.9 Å². The second kappa shape index (κ2) is 4.72. The Bertz CT molecular complexity index is 28.1. The highest BCUT2D eigenvalue weighted by molar-refractivity contribution is 9.08. The number of hydrogen-bond donors (Lipinski definition) is 1. The molecule has 0 bridgehead atoms. The molecule has 0 spiro atoms. The van der Waals surface area contributed by atoms with E-state index < -0.39 is 0 Å². The molecule has 0 rings (SSSR count). The first kappa shape index (κ1) is 5.72. The van der Waals surface area contributed by atoms with Crippen LogP contribution in [-0.2, 0) is 4.79 Å². The van der Waals surface area contributed by atoms with E-state index in [2.05, 4.69) is 11.7 Å². The largest absolute Gasteiger partial charge is 0.290 e. The maximum absolute atomic E-state index is 9.30. The van der Waals surface area contributed by atoms with Gasteiger partial charge in [0.25, 0.3) is 0 Å². The van der Waals surface area contributed by atoms with E-state index in [4.69, 9.17) is 0 Å². The van der Waals surface area contributed by atoms with Crippen LogP contribution in [0, 0.1) is 0 Å². The normalized spacial score (nSPS) is 7.40. The number of hydrogen-bond acceptors (Lipinski definition) is 4. The maximum Gasteiger partial charge on any atom is 0.187 e. The minimum absolute atomic E-state index is 0.734. The van der Waals surface area contributed by atoms with Crippen LogP contribution in [0.5, 0.6) is 0 Å². The molecule has 0 aromatic carbocycles. The van der Waals surface area contributed by atoms with E-state index in [9.17, 15) is 4.79 Å². The summed E-state index contributed by atoms with van der Waals surface area (Å²) in [7, 11) is 2.21. The summed E-state index contributed by atoms with van der Waals surface area (Å²) >= 11 is 3.65. The Morgan fingerprint density at radius 3 is 2.40 bits per heavy atom. The molecule has 5 heavy (non-hydrogen) atoms. The lowest BCUT2D eigenvalue weighted by Crippen LogP contribution is -1.39. The van der Waals surface area contributed by atoms with Crippen molar-refractivity contribution in [2.24, 2.45) is 0 Å². The maximum atomic E-state index is 9.30. The third kappa shape index (κ3) is 4.72. The number of thiol groups is 1. The molecule has 0 unspecified atom stereocenters. The molecule has 0 aromatic rings. The lowest BCUT2D eigenvalue weighted by Gasteiger charge is -1.67. The van der Waals surface area contributed by atoms with Gasteiger partial charge in [-0.25, -0.2) is 0 Å². The smallest absolute Gasteiger partial charge is 0.187 e. The molecule has 0 heterocycles. The van der Waals surface area contributed by atoms with Crippen LogP contribution in [0.2, 0.25) is 0 Å². The monoisotopic (exact) mass is 126 g/mol. The highest BCUT2D eigenvalue weighted by Gasteiger charge is 1.68. The summed E-state index contributed by atoms with van der Waals surface area (Å²) in [5, 5.41) is 0. The standard InChI is InChI=1S/CH2OS3/c2-1-4-5-3/h1,3H. The molecule has 0 aliphatic heterocycles. The van der Waals surface area contributed by atoms with Gasteiger partial charge in [-0.3, -0.25) is 4.79 Å². The fourth-order valence-corrected chi connectivity index (χ4v) is 0.474. The summed E-state index contributed by atoms with van der Waals surface area (Å²) in [6.45, 7) is 0. The van der Waals surface area contributed by atoms with E-state index in [0.717, 1.165) is 26.2 Å². The van der Waals surface area contributed by atoms with E-state index >= 15 is 0 Å². The van der Waals surface area contributed by atoms with Gasteiger partial charge in [0.1, 0.15) is 0 Å². The van der Waals surface area contributed by atoms with Gasteiger partial charge in [-0.05, 0) is 20.6 Å². The zero-order chi connectivity index (χ0) is 4.12. The molecule has 4 heteroatoms. The molecule has 30 valence electrons. The lowest BCUT2D eigenvalue weighted by atomic mass is 11.8. The number of carbonyl (C=O) groups is 1. The van der Waals surface area contributed by atoms with Crippen LogP contribution in [0.3, 0.4) is 0 Å². The van der Waals surface area contributed by atoms with Gasteiger partial charge in [0.2, 0.25) is 0 Å². The lowest BCUT2D eigenvalue weighted by molar-refractivity contribution is 0.570. The van der Waals surface area contributed by atoms with Crippen LogP contribution in [-0.4, -0.2) is 5.62 Å². The summed E-state index contributed by atoms with van der Waals surface area (Å²) in [6, 6.07) is 0. The van der Waals surface area contributed by atoms with Gasteiger partial charge in [-0.15, -0.1) is 0 Å². The molecule has 0 N–H and O–H groups in total. The summed E-state index contributed by atoms with van der Waals surface area (Å²) in [5.74, 6) is 0. The highest BCUT2D eigenvalue weighted by atomic mass is 33.5. The van der Waals surface area contributed by atoms with E-state index in [1.807, 2.05) is 0 Å². The Balaban J connectivity index is 2.40. The molecule has 0 fully saturated rings. The van der Waals surface area contributed by atoms with Crippen molar-refractivity contribution in [2.75, 3.05) is 0 Å². The summed E-state index contributed by atoms with van der Waals surface area (Å²) in [6.07, 6.45) is 0. The predicted molar refractivity (Wildman–Crippen MR) is 30.9 cm³/mol. The fraction of sp³-hybridized carbons (Fsp3) is 0. The molecule has 0 aliphatic carbocycles. The third-order valence-corrected chi connectivity index (χ3v) is 1.52.